The van der Waals surface area contributed by atoms with Gasteiger partial charge in [-0.05, 0) is 18.6 Å². The molecule has 1 aromatic rings. The first-order valence-electron chi connectivity index (χ1n) is 4.73. The molecule has 0 heterocycles. The lowest BCUT2D eigenvalue weighted by Crippen LogP contribution is -2.02. The molecular weight excluding hydrogens is 192 g/mol. The highest BCUT2D eigenvalue weighted by molar-refractivity contribution is 5.46. The molecule has 82 valence electrons. The molecule has 0 aliphatic rings. The summed E-state index contributed by atoms with van der Waals surface area (Å²) in [6, 6.07) is 5.42. The fourth-order valence-electron chi connectivity index (χ4n) is 1.21. The van der Waals surface area contributed by atoms with Gasteiger partial charge in [-0.15, -0.1) is 0 Å². The lowest BCUT2D eigenvalue weighted by Gasteiger charge is -2.13. The number of methoxy groups -OCH3 is 1. The summed E-state index contributed by atoms with van der Waals surface area (Å²) in [5.74, 6) is 1.22. The van der Waals surface area contributed by atoms with Crippen LogP contribution in [-0.2, 0) is 6.61 Å². The van der Waals surface area contributed by atoms with Gasteiger partial charge in [-0.1, -0.05) is 18.7 Å². The molecule has 1 rings (SSSR count). The number of hydrogen-bond acceptors (Lipinski definition) is 3. The van der Waals surface area contributed by atoms with Crippen LogP contribution in [0.25, 0.3) is 0 Å². The second-order valence-corrected chi connectivity index (χ2v) is 3.35. The highest BCUT2D eigenvalue weighted by Crippen LogP contribution is 2.31. The second kappa shape index (κ2) is 5.41. The molecule has 0 amide bonds. The number of ether oxygens (including phenoxy) is 2. The normalized spacial score (nSPS) is 9.80. The fourth-order valence-corrected chi connectivity index (χ4v) is 1.21. The molecule has 0 unspecified atom stereocenters. The molecule has 0 fully saturated rings. The van der Waals surface area contributed by atoms with E-state index in [0.29, 0.717) is 18.1 Å². The van der Waals surface area contributed by atoms with E-state index in [1.54, 1.807) is 19.2 Å². The first kappa shape index (κ1) is 11.6. The molecule has 0 aliphatic carbocycles. The van der Waals surface area contributed by atoms with Gasteiger partial charge in [-0.3, -0.25) is 0 Å². The van der Waals surface area contributed by atoms with Crippen LogP contribution in [-0.4, -0.2) is 18.8 Å². The first-order chi connectivity index (χ1) is 7.19. The van der Waals surface area contributed by atoms with E-state index in [4.69, 9.17) is 14.6 Å². The van der Waals surface area contributed by atoms with E-state index < -0.39 is 0 Å². The van der Waals surface area contributed by atoms with E-state index in [9.17, 15) is 0 Å². The smallest absolute Gasteiger partial charge is 0.167 e. The Balaban J connectivity index is 2.94. The van der Waals surface area contributed by atoms with Crippen molar-refractivity contribution in [2.75, 3.05) is 13.7 Å². The van der Waals surface area contributed by atoms with Crippen LogP contribution in [0.1, 0.15) is 12.5 Å². The van der Waals surface area contributed by atoms with Crippen molar-refractivity contribution < 1.29 is 14.6 Å². The van der Waals surface area contributed by atoms with Gasteiger partial charge >= 0.3 is 0 Å². The highest BCUT2D eigenvalue weighted by atomic mass is 16.5. The molecule has 3 nitrogen and oxygen atoms in total. The molecule has 0 saturated carbocycles. The lowest BCUT2D eigenvalue weighted by molar-refractivity contribution is 0.262. The van der Waals surface area contributed by atoms with Crippen LogP contribution in [0.15, 0.2) is 30.4 Å². The highest BCUT2D eigenvalue weighted by Gasteiger charge is 2.09. The minimum absolute atomic E-state index is 0.0667. The molecule has 0 aromatic heterocycles. The SMILES string of the molecule is C=C(C)COc1c(CO)cccc1OC. The van der Waals surface area contributed by atoms with E-state index in [-0.39, 0.29) is 6.61 Å². The van der Waals surface area contributed by atoms with Crippen molar-refractivity contribution >= 4 is 0 Å². The summed E-state index contributed by atoms with van der Waals surface area (Å²) in [6.45, 7) is 5.99. The summed E-state index contributed by atoms with van der Waals surface area (Å²) in [5, 5.41) is 9.15. The molecule has 1 aromatic carbocycles. The van der Waals surface area contributed by atoms with Crippen LogP contribution in [0.2, 0.25) is 0 Å². The summed E-state index contributed by atoms with van der Waals surface area (Å²) in [7, 11) is 1.57. The summed E-state index contributed by atoms with van der Waals surface area (Å²) in [4.78, 5) is 0. The second-order valence-electron chi connectivity index (χ2n) is 3.35. The summed E-state index contributed by atoms with van der Waals surface area (Å²) in [6.07, 6.45) is 0. The van der Waals surface area contributed by atoms with Crippen LogP contribution in [0.4, 0.5) is 0 Å². The van der Waals surface area contributed by atoms with Gasteiger partial charge in [0.2, 0.25) is 0 Å². The van der Waals surface area contributed by atoms with Crippen LogP contribution in [0.5, 0.6) is 11.5 Å². The molecular formula is C12H16O3. The zero-order valence-corrected chi connectivity index (χ0v) is 9.12. The number of rotatable bonds is 5. The average Bonchev–Trinajstić information content (AvgIpc) is 2.25. The third kappa shape index (κ3) is 2.99. The maximum Gasteiger partial charge on any atom is 0.167 e. The van der Waals surface area contributed by atoms with Gasteiger partial charge in [0.25, 0.3) is 0 Å². The quantitative estimate of drug-likeness (QED) is 0.753. The molecule has 0 bridgehead atoms. The van der Waals surface area contributed by atoms with E-state index >= 15 is 0 Å². The van der Waals surface area contributed by atoms with E-state index in [1.807, 2.05) is 13.0 Å². The van der Waals surface area contributed by atoms with Crippen molar-refractivity contribution in [1.82, 2.24) is 0 Å². The van der Waals surface area contributed by atoms with E-state index in [2.05, 4.69) is 6.58 Å². The lowest BCUT2D eigenvalue weighted by atomic mass is 10.2. The van der Waals surface area contributed by atoms with Gasteiger partial charge in [0.1, 0.15) is 6.61 Å². The molecule has 0 radical (unpaired) electrons. The van der Waals surface area contributed by atoms with Gasteiger partial charge in [0.15, 0.2) is 11.5 Å². The Hall–Kier alpha value is -1.48. The van der Waals surface area contributed by atoms with Crippen molar-refractivity contribution in [3.63, 3.8) is 0 Å². The topological polar surface area (TPSA) is 38.7 Å². The van der Waals surface area contributed by atoms with Crippen LogP contribution < -0.4 is 9.47 Å². The van der Waals surface area contributed by atoms with Gasteiger partial charge < -0.3 is 14.6 Å². The van der Waals surface area contributed by atoms with Gasteiger partial charge in [-0.25, -0.2) is 0 Å². The maximum atomic E-state index is 9.15. The van der Waals surface area contributed by atoms with Gasteiger partial charge in [0.05, 0.1) is 13.7 Å². The van der Waals surface area contributed by atoms with E-state index in [1.165, 1.54) is 0 Å². The number of benzene rings is 1. The monoisotopic (exact) mass is 208 g/mol. The Labute approximate surface area is 90.0 Å². The minimum Gasteiger partial charge on any atom is -0.493 e. The average molecular weight is 208 g/mol. The molecule has 0 spiro atoms. The van der Waals surface area contributed by atoms with Crippen LogP contribution in [0, 0.1) is 0 Å². The number of para-hydroxylation sites is 1. The van der Waals surface area contributed by atoms with Crippen molar-refractivity contribution in [1.29, 1.82) is 0 Å². The zero-order valence-electron chi connectivity index (χ0n) is 9.12. The number of aliphatic hydroxyl groups excluding tert-OH is 1. The summed E-state index contributed by atoms with van der Waals surface area (Å²) >= 11 is 0. The largest absolute Gasteiger partial charge is 0.493 e. The van der Waals surface area contributed by atoms with Crippen LogP contribution in [0.3, 0.4) is 0 Å². The van der Waals surface area contributed by atoms with Crippen molar-refractivity contribution in [3.8, 4) is 11.5 Å². The Morgan fingerprint density at radius 3 is 2.73 bits per heavy atom. The number of hydrogen-bond donors (Lipinski definition) is 1. The van der Waals surface area contributed by atoms with Crippen LogP contribution >= 0.6 is 0 Å². The molecule has 0 atom stereocenters. The third-order valence-corrected chi connectivity index (χ3v) is 1.91. The Bertz CT molecular complexity index is 322. The Morgan fingerprint density at radius 2 is 2.20 bits per heavy atom. The summed E-state index contributed by atoms with van der Waals surface area (Å²) < 4.78 is 10.7. The molecule has 0 saturated heterocycles. The van der Waals surface area contributed by atoms with Crippen molar-refractivity contribution in [3.05, 3.63) is 35.9 Å². The Morgan fingerprint density at radius 1 is 1.47 bits per heavy atom. The Kier molecular flexibility index (Phi) is 4.18. The minimum atomic E-state index is -0.0667. The predicted octanol–water partition coefficient (Wildman–Crippen LogP) is 2.14. The third-order valence-electron chi connectivity index (χ3n) is 1.91. The molecule has 15 heavy (non-hydrogen) atoms. The van der Waals surface area contributed by atoms with Gasteiger partial charge in [-0.2, -0.15) is 0 Å². The molecule has 0 aliphatic heterocycles. The standard InChI is InChI=1S/C12H16O3/c1-9(2)8-15-12-10(7-13)5-4-6-11(12)14-3/h4-6,13H,1,7-8H2,2-3H3. The predicted molar refractivity (Wildman–Crippen MR) is 59.2 cm³/mol. The fraction of sp³-hybridized carbons (Fsp3) is 0.333. The molecule has 3 heteroatoms. The first-order valence-corrected chi connectivity index (χ1v) is 4.73. The summed E-state index contributed by atoms with van der Waals surface area (Å²) in [5.41, 5.74) is 1.64. The van der Waals surface area contributed by atoms with E-state index in [0.717, 1.165) is 11.1 Å². The van der Waals surface area contributed by atoms with Crippen molar-refractivity contribution in [2.24, 2.45) is 0 Å². The van der Waals surface area contributed by atoms with Crippen molar-refractivity contribution in [2.45, 2.75) is 13.5 Å². The zero-order chi connectivity index (χ0) is 11.3. The van der Waals surface area contributed by atoms with Gasteiger partial charge in [0, 0.05) is 5.56 Å². The maximum absolute atomic E-state index is 9.15. The number of aliphatic hydroxyl groups is 1. The molecule has 1 N–H and O–H groups in total.